The molecule has 0 spiro atoms. The van der Waals surface area contributed by atoms with Crippen LogP contribution in [0.25, 0.3) is 0 Å². The first-order valence-electron chi connectivity index (χ1n) is 7.30. The highest BCUT2D eigenvalue weighted by molar-refractivity contribution is 6.17. The zero-order valence-electron chi connectivity index (χ0n) is 11.9. The van der Waals surface area contributed by atoms with Crippen LogP contribution >= 0.6 is 11.6 Å². The first kappa shape index (κ1) is 13.5. The minimum absolute atomic E-state index is 0.565. The molecule has 20 heavy (non-hydrogen) atoms. The smallest absolute Gasteiger partial charge is 0.0494 e. The Morgan fingerprint density at radius 1 is 1.05 bits per heavy atom. The Labute approximate surface area is 126 Å². The van der Waals surface area contributed by atoms with Crippen LogP contribution in [0.4, 0.5) is 11.4 Å². The maximum absolute atomic E-state index is 6.16. The highest BCUT2D eigenvalue weighted by atomic mass is 35.5. The molecule has 0 atom stereocenters. The number of rotatable bonds is 2. The Kier molecular flexibility index (Phi) is 3.98. The number of nitrogens with zero attached hydrogens (tertiary/aromatic N) is 1. The summed E-state index contributed by atoms with van der Waals surface area (Å²) in [4.78, 5) is 2.44. The van der Waals surface area contributed by atoms with E-state index in [1.165, 1.54) is 47.3 Å². The van der Waals surface area contributed by atoms with E-state index in [-0.39, 0.29) is 0 Å². The van der Waals surface area contributed by atoms with Gasteiger partial charge in [-0.3, -0.25) is 0 Å². The average Bonchev–Trinajstić information content (AvgIpc) is 2.69. The van der Waals surface area contributed by atoms with Crippen LogP contribution in [0.1, 0.15) is 29.5 Å². The van der Waals surface area contributed by atoms with Crippen molar-refractivity contribution in [1.29, 1.82) is 0 Å². The van der Waals surface area contributed by atoms with Crippen molar-refractivity contribution >= 4 is 23.0 Å². The fourth-order valence-corrected chi connectivity index (χ4v) is 3.24. The SMILES string of the molecule is Cc1ccc(N2CCCCc3ccccc32)c(CCl)c1. The van der Waals surface area contributed by atoms with Gasteiger partial charge in [-0.15, -0.1) is 11.6 Å². The third-order valence-corrected chi connectivity index (χ3v) is 4.32. The van der Waals surface area contributed by atoms with Crippen molar-refractivity contribution in [1.82, 2.24) is 0 Å². The van der Waals surface area contributed by atoms with Gasteiger partial charge in [0.1, 0.15) is 0 Å². The molecule has 3 rings (SSSR count). The van der Waals surface area contributed by atoms with Crippen molar-refractivity contribution in [2.24, 2.45) is 0 Å². The van der Waals surface area contributed by atoms with Crippen LogP contribution < -0.4 is 4.90 Å². The largest absolute Gasteiger partial charge is 0.341 e. The lowest BCUT2D eigenvalue weighted by Crippen LogP contribution is -2.19. The molecule has 1 aliphatic rings. The average molecular weight is 286 g/mol. The van der Waals surface area contributed by atoms with E-state index in [1.807, 2.05) is 0 Å². The van der Waals surface area contributed by atoms with Gasteiger partial charge in [0.2, 0.25) is 0 Å². The number of alkyl halides is 1. The summed E-state index contributed by atoms with van der Waals surface area (Å²) in [5.41, 5.74) is 6.56. The van der Waals surface area contributed by atoms with Gasteiger partial charge < -0.3 is 4.90 Å². The van der Waals surface area contributed by atoms with Crippen molar-refractivity contribution < 1.29 is 0 Å². The van der Waals surface area contributed by atoms with Crippen molar-refractivity contribution in [3.63, 3.8) is 0 Å². The molecule has 0 bridgehead atoms. The molecular weight excluding hydrogens is 266 g/mol. The van der Waals surface area contributed by atoms with Crippen LogP contribution in [0, 0.1) is 6.92 Å². The van der Waals surface area contributed by atoms with Crippen LogP contribution in [-0.2, 0) is 12.3 Å². The molecule has 2 heteroatoms. The lowest BCUT2D eigenvalue weighted by Gasteiger charge is -2.27. The van der Waals surface area contributed by atoms with Crippen LogP contribution in [0.5, 0.6) is 0 Å². The first-order chi connectivity index (χ1) is 9.79. The summed E-state index contributed by atoms with van der Waals surface area (Å²) in [5.74, 6) is 0.565. The number of aryl methyl sites for hydroxylation is 2. The minimum atomic E-state index is 0.565. The molecule has 0 aromatic heterocycles. The summed E-state index contributed by atoms with van der Waals surface area (Å²) >= 11 is 6.16. The van der Waals surface area contributed by atoms with E-state index in [9.17, 15) is 0 Å². The van der Waals surface area contributed by atoms with Gasteiger partial charge in [0, 0.05) is 23.8 Å². The highest BCUT2D eigenvalue weighted by Crippen LogP contribution is 2.35. The molecule has 0 N–H and O–H groups in total. The second-order valence-electron chi connectivity index (χ2n) is 5.50. The normalized spacial score (nSPS) is 14.8. The summed E-state index contributed by atoms with van der Waals surface area (Å²) in [6.07, 6.45) is 3.66. The Hall–Kier alpha value is -1.47. The summed E-state index contributed by atoms with van der Waals surface area (Å²) < 4.78 is 0. The van der Waals surface area contributed by atoms with Crippen LogP contribution in [0.2, 0.25) is 0 Å². The van der Waals surface area contributed by atoms with Gasteiger partial charge in [-0.1, -0.05) is 35.9 Å². The molecule has 0 unspecified atom stereocenters. The molecule has 1 nitrogen and oxygen atoms in total. The van der Waals surface area contributed by atoms with Crippen molar-refractivity contribution in [2.75, 3.05) is 11.4 Å². The lowest BCUT2D eigenvalue weighted by atomic mass is 10.1. The molecule has 0 fully saturated rings. The van der Waals surface area contributed by atoms with Gasteiger partial charge in [0.25, 0.3) is 0 Å². The maximum Gasteiger partial charge on any atom is 0.0494 e. The van der Waals surface area contributed by atoms with Crippen LogP contribution in [-0.4, -0.2) is 6.54 Å². The minimum Gasteiger partial charge on any atom is -0.341 e. The summed E-state index contributed by atoms with van der Waals surface area (Å²) in [7, 11) is 0. The molecule has 0 saturated carbocycles. The monoisotopic (exact) mass is 285 g/mol. The second-order valence-corrected chi connectivity index (χ2v) is 5.77. The lowest BCUT2D eigenvalue weighted by molar-refractivity contribution is 0.760. The quantitative estimate of drug-likeness (QED) is 0.685. The number of para-hydroxylation sites is 1. The molecule has 0 radical (unpaired) electrons. The molecule has 104 valence electrons. The molecular formula is C18H20ClN. The third kappa shape index (κ3) is 2.55. The van der Waals surface area contributed by atoms with Gasteiger partial charge in [0.15, 0.2) is 0 Å². The van der Waals surface area contributed by atoms with E-state index < -0.39 is 0 Å². The predicted molar refractivity (Wildman–Crippen MR) is 87.1 cm³/mol. The molecule has 0 aliphatic carbocycles. The summed E-state index contributed by atoms with van der Waals surface area (Å²) in [6, 6.07) is 15.4. The number of halogens is 1. The Morgan fingerprint density at radius 2 is 1.90 bits per heavy atom. The maximum atomic E-state index is 6.16. The van der Waals surface area contributed by atoms with E-state index in [2.05, 4.69) is 54.3 Å². The Bertz CT molecular complexity index is 606. The summed E-state index contributed by atoms with van der Waals surface area (Å²) in [5, 5.41) is 0. The highest BCUT2D eigenvalue weighted by Gasteiger charge is 2.18. The fraction of sp³-hybridized carbons (Fsp3) is 0.333. The topological polar surface area (TPSA) is 3.24 Å². The second kappa shape index (κ2) is 5.88. The Morgan fingerprint density at radius 3 is 2.75 bits per heavy atom. The zero-order valence-corrected chi connectivity index (χ0v) is 12.7. The van der Waals surface area contributed by atoms with E-state index in [0.717, 1.165) is 6.54 Å². The zero-order chi connectivity index (χ0) is 13.9. The van der Waals surface area contributed by atoms with E-state index in [4.69, 9.17) is 11.6 Å². The molecule has 2 aromatic carbocycles. The number of fused-ring (bicyclic) bond motifs is 1. The molecule has 1 heterocycles. The standard InChI is InChI=1S/C18H20ClN/c1-14-9-10-18(16(12-14)13-19)20-11-5-4-7-15-6-2-3-8-17(15)20/h2-3,6,8-10,12H,4-5,7,11,13H2,1H3. The van der Waals surface area contributed by atoms with Gasteiger partial charge in [-0.2, -0.15) is 0 Å². The van der Waals surface area contributed by atoms with Crippen molar-refractivity contribution in [3.05, 3.63) is 59.2 Å². The number of benzene rings is 2. The molecule has 2 aromatic rings. The van der Waals surface area contributed by atoms with Crippen LogP contribution in [0.15, 0.2) is 42.5 Å². The number of hydrogen-bond donors (Lipinski definition) is 0. The predicted octanol–water partition coefficient (Wildman–Crippen LogP) is 5.21. The van der Waals surface area contributed by atoms with Gasteiger partial charge in [-0.05, 0) is 49.4 Å². The van der Waals surface area contributed by atoms with Gasteiger partial charge in [-0.25, -0.2) is 0 Å². The summed E-state index contributed by atoms with van der Waals surface area (Å²) in [6.45, 7) is 3.19. The van der Waals surface area contributed by atoms with E-state index in [1.54, 1.807) is 0 Å². The fourth-order valence-electron chi connectivity index (χ4n) is 3.03. The van der Waals surface area contributed by atoms with Crippen molar-refractivity contribution in [3.8, 4) is 0 Å². The first-order valence-corrected chi connectivity index (χ1v) is 7.84. The molecule has 0 saturated heterocycles. The van der Waals surface area contributed by atoms with Crippen LogP contribution in [0.3, 0.4) is 0 Å². The third-order valence-electron chi connectivity index (χ3n) is 4.03. The number of hydrogen-bond acceptors (Lipinski definition) is 1. The Balaban J connectivity index is 2.10. The van der Waals surface area contributed by atoms with E-state index >= 15 is 0 Å². The van der Waals surface area contributed by atoms with Gasteiger partial charge >= 0.3 is 0 Å². The van der Waals surface area contributed by atoms with E-state index in [0.29, 0.717) is 5.88 Å². The van der Waals surface area contributed by atoms with Crippen molar-refractivity contribution in [2.45, 2.75) is 32.1 Å². The van der Waals surface area contributed by atoms with Gasteiger partial charge in [0.05, 0.1) is 0 Å². The number of anilines is 2. The molecule has 1 aliphatic heterocycles. The molecule has 0 amide bonds.